The number of para-hydroxylation sites is 1. The van der Waals surface area contributed by atoms with Gasteiger partial charge < -0.3 is 4.57 Å². The summed E-state index contributed by atoms with van der Waals surface area (Å²) in [6.07, 6.45) is 4.63. The highest BCUT2D eigenvalue weighted by Gasteiger charge is 2.36. The van der Waals surface area contributed by atoms with Crippen LogP contribution in [0.3, 0.4) is 0 Å². The Hall–Kier alpha value is -7.26. The molecular formula is C60H41NS. The maximum absolute atomic E-state index is 4.89. The largest absolute Gasteiger partial charge is 0.309 e. The number of benzene rings is 10. The van der Waals surface area contributed by atoms with Gasteiger partial charge in [0, 0.05) is 57.7 Å². The Morgan fingerprint density at radius 2 is 1.21 bits per heavy atom. The van der Waals surface area contributed by atoms with Crippen molar-refractivity contribution in [1.29, 1.82) is 0 Å². The average molecular weight is 808 g/mol. The Bertz CT molecular complexity index is 4030. The third-order valence-electron chi connectivity index (χ3n) is 14.1. The normalized spacial score (nSPS) is 14.1. The lowest BCUT2D eigenvalue weighted by Gasteiger charge is -2.23. The number of fused-ring (bicyclic) bond motifs is 10. The van der Waals surface area contributed by atoms with Crippen LogP contribution in [-0.4, -0.2) is 4.57 Å². The van der Waals surface area contributed by atoms with Gasteiger partial charge in [-0.1, -0.05) is 166 Å². The molecule has 2 heterocycles. The lowest BCUT2D eigenvalue weighted by atomic mass is 9.80. The van der Waals surface area contributed by atoms with Crippen LogP contribution >= 0.6 is 11.3 Å². The van der Waals surface area contributed by atoms with E-state index in [4.69, 9.17) is 6.58 Å². The third kappa shape index (κ3) is 4.79. The lowest BCUT2D eigenvalue weighted by molar-refractivity contribution is 0.660. The van der Waals surface area contributed by atoms with Crippen LogP contribution in [0.15, 0.2) is 176 Å². The molecule has 1 aliphatic carbocycles. The average Bonchev–Trinajstić information content (AvgIpc) is 3.91. The molecule has 12 aromatic rings. The number of rotatable bonds is 4. The van der Waals surface area contributed by atoms with Gasteiger partial charge in [0.05, 0.1) is 11.2 Å². The van der Waals surface area contributed by atoms with E-state index >= 15 is 0 Å². The van der Waals surface area contributed by atoms with Gasteiger partial charge in [0.2, 0.25) is 0 Å². The molecule has 292 valence electrons. The van der Waals surface area contributed by atoms with Crippen molar-refractivity contribution >= 4 is 104 Å². The minimum atomic E-state index is -0.164. The van der Waals surface area contributed by atoms with E-state index in [1.165, 1.54) is 119 Å². The molecule has 2 heteroatoms. The van der Waals surface area contributed by atoms with E-state index in [1.807, 2.05) is 11.3 Å². The second-order valence-electron chi connectivity index (χ2n) is 17.6. The first kappa shape index (κ1) is 35.5. The summed E-state index contributed by atoms with van der Waals surface area (Å²) >= 11 is 1.91. The smallest absolute Gasteiger partial charge is 0.0546 e. The highest BCUT2D eigenvalue weighted by atomic mass is 32.1. The summed E-state index contributed by atoms with van der Waals surface area (Å²) in [6, 6.07) is 63.4. The predicted molar refractivity (Wildman–Crippen MR) is 270 cm³/mol. The Morgan fingerprint density at radius 3 is 2.08 bits per heavy atom. The quantitative estimate of drug-likeness (QED) is 0.156. The molecule has 0 saturated heterocycles. The molecule has 1 nitrogen and oxygen atoms in total. The molecule has 0 saturated carbocycles. The minimum absolute atomic E-state index is 0.164. The van der Waals surface area contributed by atoms with Gasteiger partial charge in [0.15, 0.2) is 0 Å². The first-order valence-electron chi connectivity index (χ1n) is 21.6. The zero-order valence-electron chi connectivity index (χ0n) is 34.9. The fourth-order valence-electron chi connectivity index (χ4n) is 11.1. The van der Waals surface area contributed by atoms with Crippen molar-refractivity contribution < 1.29 is 0 Å². The summed E-state index contributed by atoms with van der Waals surface area (Å²) in [4.78, 5) is 0. The number of nitrogens with zero attached hydrogens (tertiary/aromatic N) is 1. The van der Waals surface area contributed by atoms with Gasteiger partial charge in [-0.05, 0) is 115 Å². The predicted octanol–water partition coefficient (Wildman–Crippen LogP) is 15.3. The van der Waals surface area contributed by atoms with Crippen molar-refractivity contribution in [3.05, 3.63) is 203 Å². The summed E-state index contributed by atoms with van der Waals surface area (Å²) in [7, 11) is 0. The van der Waals surface area contributed by atoms with Crippen LogP contribution in [0.4, 0.5) is 0 Å². The SMILES string of the molecule is C=c1/c(=C\C(=C/C)c2ccc3c(c2)C(C)(C)c2cc(-c4cccc5ccccc45)ccc2-3)c2ccccc2n1-c1cc2cccc3c4c5ccccc5sc4c4cccc1c4c23. The first-order valence-corrected chi connectivity index (χ1v) is 22.5. The molecule has 2 aromatic heterocycles. The number of thiophene rings is 1. The van der Waals surface area contributed by atoms with Crippen LogP contribution in [0.2, 0.25) is 0 Å². The molecule has 0 spiro atoms. The second kappa shape index (κ2) is 12.9. The summed E-state index contributed by atoms with van der Waals surface area (Å²) in [6.45, 7) is 11.8. The zero-order valence-corrected chi connectivity index (χ0v) is 35.7. The van der Waals surface area contributed by atoms with Gasteiger partial charge in [-0.15, -0.1) is 11.3 Å². The fourth-order valence-corrected chi connectivity index (χ4v) is 12.4. The molecule has 0 aliphatic heterocycles. The van der Waals surface area contributed by atoms with E-state index in [0.717, 1.165) is 16.1 Å². The number of hydrogen-bond acceptors (Lipinski definition) is 1. The van der Waals surface area contributed by atoms with Crippen LogP contribution < -0.4 is 10.6 Å². The van der Waals surface area contributed by atoms with E-state index in [-0.39, 0.29) is 5.41 Å². The molecule has 10 aromatic carbocycles. The molecule has 0 amide bonds. The maximum Gasteiger partial charge on any atom is 0.0546 e. The van der Waals surface area contributed by atoms with Crippen LogP contribution in [0.25, 0.3) is 120 Å². The molecule has 62 heavy (non-hydrogen) atoms. The Kier molecular flexibility index (Phi) is 7.37. The third-order valence-corrected chi connectivity index (χ3v) is 15.3. The Labute approximate surface area is 363 Å². The standard InChI is InChI=1S/C60H41NS/c1-5-36(38-27-29-43-44-30-28-39(33-52(44)60(3,4)51(43)32-38)42-21-12-16-37-15-6-7-18-41(37)42)31-50-35(2)61(53-25-10-8-19-45(50)53)54-34-40-17-13-23-48-56(40)57-46(54)22-14-24-49(57)59-58(48)47-20-9-11-26-55(47)62-59/h5-34H,2H2,1,3-4H3/b36-5+,50-31+. The van der Waals surface area contributed by atoms with Gasteiger partial charge in [0.1, 0.15) is 0 Å². The summed E-state index contributed by atoms with van der Waals surface area (Å²) < 4.78 is 5.10. The number of aromatic nitrogens is 1. The molecule has 0 bridgehead atoms. The molecule has 1 aliphatic rings. The first-order chi connectivity index (χ1) is 30.4. The van der Waals surface area contributed by atoms with E-state index in [0.29, 0.717) is 0 Å². The Morgan fingerprint density at radius 1 is 0.548 bits per heavy atom. The van der Waals surface area contributed by atoms with Gasteiger partial charge in [-0.3, -0.25) is 0 Å². The van der Waals surface area contributed by atoms with E-state index in [1.54, 1.807) is 0 Å². The molecule has 0 N–H and O–H groups in total. The zero-order chi connectivity index (χ0) is 41.4. The number of allylic oxidation sites excluding steroid dienone is 2. The highest BCUT2D eigenvalue weighted by Crippen LogP contribution is 2.51. The number of hydrogen-bond donors (Lipinski definition) is 0. The molecule has 13 rings (SSSR count). The van der Waals surface area contributed by atoms with Crippen LogP contribution in [-0.2, 0) is 5.41 Å². The molecule has 0 unspecified atom stereocenters. The van der Waals surface area contributed by atoms with Crippen molar-refractivity contribution in [2.45, 2.75) is 26.2 Å². The van der Waals surface area contributed by atoms with Crippen molar-refractivity contribution in [2.75, 3.05) is 0 Å². The molecular weight excluding hydrogens is 767 g/mol. The topological polar surface area (TPSA) is 4.93 Å². The Balaban J connectivity index is 0.969. The maximum atomic E-state index is 4.89. The minimum Gasteiger partial charge on any atom is -0.309 e. The monoisotopic (exact) mass is 807 g/mol. The summed E-state index contributed by atoms with van der Waals surface area (Å²) in [5, 5.41) is 16.4. The van der Waals surface area contributed by atoms with Crippen molar-refractivity contribution in [2.24, 2.45) is 0 Å². The molecule has 0 atom stereocenters. The van der Waals surface area contributed by atoms with Gasteiger partial charge in [0.25, 0.3) is 0 Å². The fraction of sp³-hybridized carbons (Fsp3) is 0.0667. The summed E-state index contributed by atoms with van der Waals surface area (Å²) in [5.41, 5.74) is 12.5. The second-order valence-corrected chi connectivity index (χ2v) is 18.7. The molecule has 0 radical (unpaired) electrons. The van der Waals surface area contributed by atoms with Crippen molar-refractivity contribution in [3.8, 4) is 27.9 Å². The van der Waals surface area contributed by atoms with Crippen molar-refractivity contribution in [3.63, 3.8) is 0 Å². The van der Waals surface area contributed by atoms with E-state index < -0.39 is 0 Å². The van der Waals surface area contributed by atoms with Gasteiger partial charge in [-0.2, -0.15) is 0 Å². The lowest BCUT2D eigenvalue weighted by Crippen LogP contribution is -2.27. The molecule has 0 fully saturated rings. The van der Waals surface area contributed by atoms with Crippen LogP contribution in [0, 0.1) is 0 Å². The van der Waals surface area contributed by atoms with E-state index in [2.05, 4.69) is 207 Å². The summed E-state index contributed by atoms with van der Waals surface area (Å²) in [5.74, 6) is 0. The van der Waals surface area contributed by atoms with Gasteiger partial charge >= 0.3 is 0 Å². The van der Waals surface area contributed by atoms with Crippen LogP contribution in [0.5, 0.6) is 0 Å². The van der Waals surface area contributed by atoms with Gasteiger partial charge in [-0.25, -0.2) is 0 Å². The van der Waals surface area contributed by atoms with Crippen molar-refractivity contribution in [1.82, 2.24) is 4.57 Å². The highest BCUT2D eigenvalue weighted by molar-refractivity contribution is 7.27. The van der Waals surface area contributed by atoms with E-state index in [9.17, 15) is 0 Å². The van der Waals surface area contributed by atoms with Crippen LogP contribution in [0.1, 0.15) is 37.5 Å².